The molecule has 1 amide bonds. The lowest BCUT2D eigenvalue weighted by Crippen LogP contribution is -2.31. The van der Waals surface area contributed by atoms with E-state index < -0.39 is 0 Å². The van der Waals surface area contributed by atoms with Gasteiger partial charge in [-0.2, -0.15) is 4.52 Å². The van der Waals surface area contributed by atoms with Crippen molar-refractivity contribution in [3.05, 3.63) is 53.3 Å². The van der Waals surface area contributed by atoms with Crippen LogP contribution in [0.2, 0.25) is 0 Å². The summed E-state index contributed by atoms with van der Waals surface area (Å²) in [6, 6.07) is 12.7. The Balaban J connectivity index is 1.08. The van der Waals surface area contributed by atoms with Crippen LogP contribution in [0.3, 0.4) is 0 Å². The Morgan fingerprint density at radius 1 is 1.06 bits per heavy atom. The maximum atomic E-state index is 12.5. The fourth-order valence-corrected chi connectivity index (χ4v) is 4.84. The number of aromatic nitrogens is 4. The Hall–Kier alpha value is -3.00. The van der Waals surface area contributed by atoms with Gasteiger partial charge in [0.1, 0.15) is 5.82 Å². The summed E-state index contributed by atoms with van der Waals surface area (Å²) in [5.74, 6) is 2.28. The molecule has 0 saturated carbocycles. The third kappa shape index (κ3) is 5.33. The van der Waals surface area contributed by atoms with Gasteiger partial charge in [0.2, 0.25) is 5.91 Å². The van der Waals surface area contributed by atoms with E-state index in [1.165, 1.54) is 24.0 Å². The van der Waals surface area contributed by atoms with Gasteiger partial charge in [0.05, 0.1) is 0 Å². The maximum absolute atomic E-state index is 12.5. The lowest BCUT2D eigenvalue weighted by molar-refractivity contribution is -0.121. The summed E-state index contributed by atoms with van der Waals surface area (Å²) >= 11 is 0. The van der Waals surface area contributed by atoms with Gasteiger partial charge in [-0.15, -0.1) is 15.3 Å². The summed E-state index contributed by atoms with van der Waals surface area (Å²) in [5, 5.41) is 16.4. The number of likely N-dealkylation sites (tertiary alicyclic amines) is 1. The van der Waals surface area contributed by atoms with Gasteiger partial charge in [0.25, 0.3) is 0 Å². The van der Waals surface area contributed by atoms with Crippen molar-refractivity contribution in [3.63, 3.8) is 0 Å². The summed E-state index contributed by atoms with van der Waals surface area (Å²) in [5.41, 5.74) is 3.38. The molecule has 1 N–H and O–H groups in total. The fraction of sp³-hybridized carbons (Fsp3) is 0.520. The highest BCUT2D eigenvalue weighted by Gasteiger charge is 2.23. The van der Waals surface area contributed by atoms with Gasteiger partial charge in [0.15, 0.2) is 11.5 Å². The Bertz CT molecular complexity index is 1090. The van der Waals surface area contributed by atoms with Crippen molar-refractivity contribution >= 4 is 17.4 Å². The number of benzene rings is 1. The van der Waals surface area contributed by atoms with Crippen LogP contribution in [0.25, 0.3) is 5.65 Å². The van der Waals surface area contributed by atoms with Gasteiger partial charge < -0.3 is 10.2 Å². The van der Waals surface area contributed by atoms with Gasteiger partial charge in [-0.3, -0.25) is 9.69 Å². The molecule has 2 aromatic heterocycles. The van der Waals surface area contributed by atoms with E-state index >= 15 is 0 Å². The standard InChI is InChI=1S/C25H33N7O/c1-19-4-6-20(7-5-19)17-30-15-12-21(18-30)16-26-25(33)11-10-23-28-27-22-8-9-24(29-32(22)23)31-13-2-3-14-31/h4-9,21H,2-3,10-18H2,1H3,(H,26,33). The third-order valence-corrected chi connectivity index (χ3v) is 6.80. The Kier molecular flexibility index (Phi) is 6.53. The molecule has 5 rings (SSSR count). The molecule has 0 spiro atoms. The fourth-order valence-electron chi connectivity index (χ4n) is 4.84. The number of rotatable bonds is 8. The number of nitrogens with one attached hydrogen (secondary N) is 1. The van der Waals surface area contributed by atoms with Crippen LogP contribution in [0.4, 0.5) is 5.82 Å². The second-order valence-corrected chi connectivity index (χ2v) is 9.45. The molecule has 174 valence electrons. The molecule has 1 atom stereocenters. The number of hydrogen-bond acceptors (Lipinski definition) is 6. The van der Waals surface area contributed by atoms with E-state index in [0.29, 0.717) is 18.8 Å². The summed E-state index contributed by atoms with van der Waals surface area (Å²) in [7, 11) is 0. The minimum Gasteiger partial charge on any atom is -0.356 e. The van der Waals surface area contributed by atoms with Crippen LogP contribution in [-0.2, 0) is 17.8 Å². The molecule has 0 aliphatic carbocycles. The van der Waals surface area contributed by atoms with Crippen molar-refractivity contribution < 1.29 is 4.79 Å². The number of carbonyl (C=O) groups excluding carboxylic acids is 1. The van der Waals surface area contributed by atoms with E-state index in [0.717, 1.165) is 63.0 Å². The van der Waals surface area contributed by atoms with Crippen LogP contribution in [0.15, 0.2) is 36.4 Å². The molecule has 2 saturated heterocycles. The van der Waals surface area contributed by atoms with Crippen molar-refractivity contribution in [1.29, 1.82) is 0 Å². The van der Waals surface area contributed by atoms with Crippen LogP contribution in [-0.4, -0.2) is 63.3 Å². The highest BCUT2D eigenvalue weighted by atomic mass is 16.1. The molecule has 0 radical (unpaired) electrons. The molecular formula is C25H33N7O. The number of fused-ring (bicyclic) bond motifs is 1. The average molecular weight is 448 g/mol. The van der Waals surface area contributed by atoms with Crippen LogP contribution >= 0.6 is 0 Å². The van der Waals surface area contributed by atoms with Crippen molar-refractivity contribution in [2.75, 3.05) is 37.6 Å². The van der Waals surface area contributed by atoms with Gasteiger partial charge in [-0.1, -0.05) is 29.8 Å². The average Bonchev–Trinajstić information content (AvgIpc) is 3.59. The van der Waals surface area contributed by atoms with Crippen molar-refractivity contribution in [2.45, 2.75) is 45.6 Å². The first-order valence-electron chi connectivity index (χ1n) is 12.1. The predicted octanol–water partition coefficient (Wildman–Crippen LogP) is 2.60. The molecule has 1 unspecified atom stereocenters. The monoisotopic (exact) mass is 447 g/mol. The molecular weight excluding hydrogens is 414 g/mol. The van der Waals surface area contributed by atoms with E-state index in [-0.39, 0.29) is 5.91 Å². The first-order valence-corrected chi connectivity index (χ1v) is 12.1. The van der Waals surface area contributed by atoms with Gasteiger partial charge in [0, 0.05) is 45.6 Å². The number of carbonyl (C=O) groups is 1. The Labute approximate surface area is 195 Å². The summed E-state index contributed by atoms with van der Waals surface area (Å²) < 4.78 is 1.79. The van der Waals surface area contributed by atoms with E-state index in [9.17, 15) is 4.79 Å². The molecule has 8 heteroatoms. The normalized spacial score (nSPS) is 18.9. The molecule has 2 aliphatic rings. The third-order valence-electron chi connectivity index (χ3n) is 6.80. The van der Waals surface area contributed by atoms with E-state index in [2.05, 4.69) is 56.5 Å². The number of hydrogen-bond donors (Lipinski definition) is 1. The molecule has 33 heavy (non-hydrogen) atoms. The second-order valence-electron chi connectivity index (χ2n) is 9.45. The zero-order valence-electron chi connectivity index (χ0n) is 19.4. The minimum atomic E-state index is 0.0689. The first-order chi connectivity index (χ1) is 16.1. The second kappa shape index (κ2) is 9.87. The van der Waals surface area contributed by atoms with Crippen molar-refractivity contribution in [2.24, 2.45) is 5.92 Å². The van der Waals surface area contributed by atoms with Crippen LogP contribution < -0.4 is 10.2 Å². The van der Waals surface area contributed by atoms with Crippen LogP contribution in [0.1, 0.15) is 42.6 Å². The molecule has 2 aliphatic heterocycles. The van der Waals surface area contributed by atoms with Crippen LogP contribution in [0, 0.1) is 12.8 Å². The van der Waals surface area contributed by atoms with Gasteiger partial charge in [-0.05, 0) is 56.3 Å². The quantitative estimate of drug-likeness (QED) is 0.572. The summed E-state index contributed by atoms with van der Waals surface area (Å²) in [6.07, 6.45) is 4.48. The smallest absolute Gasteiger partial charge is 0.220 e. The number of anilines is 1. The van der Waals surface area contributed by atoms with Gasteiger partial charge in [-0.25, -0.2) is 0 Å². The molecule has 4 heterocycles. The molecule has 3 aromatic rings. The predicted molar refractivity (Wildman–Crippen MR) is 128 cm³/mol. The number of amides is 1. The lowest BCUT2D eigenvalue weighted by atomic mass is 10.1. The van der Waals surface area contributed by atoms with Gasteiger partial charge >= 0.3 is 0 Å². The minimum absolute atomic E-state index is 0.0689. The van der Waals surface area contributed by atoms with Crippen molar-refractivity contribution in [3.8, 4) is 0 Å². The number of nitrogens with zero attached hydrogens (tertiary/aromatic N) is 6. The molecule has 0 bridgehead atoms. The maximum Gasteiger partial charge on any atom is 0.220 e. The molecule has 8 nitrogen and oxygen atoms in total. The summed E-state index contributed by atoms with van der Waals surface area (Å²) in [6.45, 7) is 8.05. The Morgan fingerprint density at radius 2 is 1.88 bits per heavy atom. The topological polar surface area (TPSA) is 78.7 Å². The first kappa shape index (κ1) is 21.8. The molecule has 1 aromatic carbocycles. The van der Waals surface area contributed by atoms with E-state index in [1.54, 1.807) is 4.52 Å². The van der Waals surface area contributed by atoms with E-state index in [4.69, 9.17) is 5.10 Å². The highest BCUT2D eigenvalue weighted by molar-refractivity contribution is 5.76. The Morgan fingerprint density at radius 3 is 2.70 bits per heavy atom. The molecule has 2 fully saturated rings. The van der Waals surface area contributed by atoms with E-state index in [1.807, 2.05) is 12.1 Å². The zero-order chi connectivity index (χ0) is 22.6. The lowest BCUT2D eigenvalue weighted by Gasteiger charge is -2.16. The number of aryl methyl sites for hydroxylation is 2. The SMILES string of the molecule is Cc1ccc(CN2CCC(CNC(=O)CCc3nnc4ccc(N5CCCC5)nn34)C2)cc1. The largest absolute Gasteiger partial charge is 0.356 e. The van der Waals surface area contributed by atoms with Crippen LogP contribution in [0.5, 0.6) is 0 Å². The zero-order valence-corrected chi connectivity index (χ0v) is 19.4. The highest BCUT2D eigenvalue weighted by Crippen LogP contribution is 2.19. The summed E-state index contributed by atoms with van der Waals surface area (Å²) in [4.78, 5) is 17.3. The van der Waals surface area contributed by atoms with Crippen molar-refractivity contribution in [1.82, 2.24) is 30.0 Å².